The number of ether oxygens (including phenoxy) is 3. The fourth-order valence-corrected chi connectivity index (χ4v) is 8.78. The third-order valence-corrected chi connectivity index (χ3v) is 13.0. The fraction of sp³-hybridized carbons (Fsp3) is 0.927. The molecule has 0 aromatic carbocycles. The van der Waals surface area contributed by atoms with E-state index < -0.39 is 25.3 Å². The van der Waals surface area contributed by atoms with E-state index in [9.17, 15) is 18.9 Å². The standard InChI is InChI=1S/C41H79N2O9PS/c1-5-9-11-13-15-17-19-21-23-26-38(44)49-32-36(52-39(45)27-24-22-20-18-16-14-12-10-6-2)33-54-34-37(42)40(46)43-41(28-29-41)35-48-30-25-31-53(47,50-7-3)51-8-4/h36-37H,5-35,42H2,1-4H3,(H,43,46)/t36-,37-/m0/s1. The number of rotatable bonds is 39. The Morgan fingerprint density at radius 1 is 0.704 bits per heavy atom. The van der Waals surface area contributed by atoms with Gasteiger partial charge in [-0.3, -0.25) is 18.9 Å². The van der Waals surface area contributed by atoms with Gasteiger partial charge < -0.3 is 34.3 Å². The van der Waals surface area contributed by atoms with Crippen LogP contribution in [-0.4, -0.2) is 86.2 Å². The number of unbranched alkanes of at least 4 members (excludes halogenated alkanes) is 16. The molecule has 318 valence electrons. The quantitative estimate of drug-likeness (QED) is 0.0347. The van der Waals surface area contributed by atoms with Crippen molar-refractivity contribution in [1.82, 2.24) is 5.32 Å². The number of hydrogen-bond acceptors (Lipinski definition) is 11. The van der Waals surface area contributed by atoms with E-state index in [0.29, 0.717) is 57.2 Å². The number of nitrogens with two attached hydrogens (primary N) is 1. The lowest BCUT2D eigenvalue weighted by molar-refractivity contribution is -0.157. The first-order valence-corrected chi connectivity index (χ1v) is 24.5. The van der Waals surface area contributed by atoms with E-state index in [4.69, 9.17) is 29.0 Å². The van der Waals surface area contributed by atoms with E-state index in [1.807, 2.05) is 0 Å². The molecular formula is C41H79N2O9PS. The molecule has 3 N–H and O–H groups in total. The number of thioether (sulfide) groups is 1. The monoisotopic (exact) mass is 807 g/mol. The van der Waals surface area contributed by atoms with Crippen LogP contribution < -0.4 is 11.1 Å². The van der Waals surface area contributed by atoms with Gasteiger partial charge in [0.05, 0.1) is 37.6 Å². The van der Waals surface area contributed by atoms with E-state index in [2.05, 4.69) is 19.2 Å². The zero-order chi connectivity index (χ0) is 39.8. The molecule has 0 unspecified atom stereocenters. The van der Waals surface area contributed by atoms with Gasteiger partial charge in [0.25, 0.3) is 0 Å². The molecule has 0 aromatic rings. The van der Waals surface area contributed by atoms with Crippen LogP contribution in [0.25, 0.3) is 0 Å². The highest BCUT2D eigenvalue weighted by atomic mass is 32.2. The minimum atomic E-state index is -3.10. The van der Waals surface area contributed by atoms with Crippen molar-refractivity contribution in [2.75, 3.05) is 50.7 Å². The third kappa shape index (κ3) is 27.4. The molecule has 0 heterocycles. The molecule has 13 heteroatoms. The minimum Gasteiger partial charge on any atom is -0.462 e. The molecule has 1 rings (SSSR count). The second-order valence-electron chi connectivity index (χ2n) is 14.9. The third-order valence-electron chi connectivity index (χ3n) is 9.63. The van der Waals surface area contributed by atoms with Crippen LogP contribution in [0, 0.1) is 0 Å². The van der Waals surface area contributed by atoms with Crippen LogP contribution in [0.2, 0.25) is 0 Å². The van der Waals surface area contributed by atoms with Crippen molar-refractivity contribution in [3.05, 3.63) is 0 Å². The first kappa shape index (κ1) is 50.8. The Bertz CT molecular complexity index is 1010. The maximum absolute atomic E-state index is 13.0. The summed E-state index contributed by atoms with van der Waals surface area (Å²) in [5.74, 6) is -0.112. The topological polar surface area (TPSA) is 152 Å². The van der Waals surface area contributed by atoms with Crippen LogP contribution in [0.4, 0.5) is 0 Å². The first-order chi connectivity index (χ1) is 26.1. The van der Waals surface area contributed by atoms with Crippen molar-refractivity contribution in [1.29, 1.82) is 0 Å². The lowest BCUT2D eigenvalue weighted by atomic mass is 10.1. The highest BCUT2D eigenvalue weighted by Crippen LogP contribution is 2.48. The molecule has 1 aliphatic rings. The average Bonchev–Trinajstić information content (AvgIpc) is 3.91. The largest absolute Gasteiger partial charge is 0.462 e. The van der Waals surface area contributed by atoms with Gasteiger partial charge in [-0.15, -0.1) is 0 Å². The van der Waals surface area contributed by atoms with Crippen LogP contribution in [0.15, 0.2) is 0 Å². The summed E-state index contributed by atoms with van der Waals surface area (Å²) in [7, 11) is -3.10. The fourth-order valence-electron chi connectivity index (χ4n) is 6.18. The summed E-state index contributed by atoms with van der Waals surface area (Å²) in [6.07, 6.45) is 23.5. The molecule has 0 aromatic heterocycles. The lowest BCUT2D eigenvalue weighted by Gasteiger charge is -2.22. The molecule has 1 amide bonds. The van der Waals surface area contributed by atoms with Crippen molar-refractivity contribution in [2.45, 2.75) is 193 Å². The molecule has 54 heavy (non-hydrogen) atoms. The lowest BCUT2D eigenvalue weighted by Crippen LogP contribution is -2.49. The highest BCUT2D eigenvalue weighted by molar-refractivity contribution is 7.99. The molecule has 2 atom stereocenters. The summed E-state index contributed by atoms with van der Waals surface area (Å²) in [4.78, 5) is 38.3. The number of amides is 1. The smallest absolute Gasteiger partial charge is 0.330 e. The van der Waals surface area contributed by atoms with Crippen LogP contribution in [-0.2, 0) is 42.2 Å². The van der Waals surface area contributed by atoms with Crippen LogP contribution >= 0.6 is 19.4 Å². The summed E-state index contributed by atoms with van der Waals surface area (Å²) in [5.41, 5.74) is 5.84. The Labute approximate surface area is 333 Å². The highest BCUT2D eigenvalue weighted by Gasteiger charge is 2.45. The maximum atomic E-state index is 13.0. The van der Waals surface area contributed by atoms with E-state index >= 15 is 0 Å². The summed E-state index contributed by atoms with van der Waals surface area (Å²) in [5, 5.41) is 3.06. The van der Waals surface area contributed by atoms with E-state index in [-0.39, 0.29) is 30.6 Å². The van der Waals surface area contributed by atoms with E-state index in [0.717, 1.165) is 51.4 Å². The first-order valence-electron chi connectivity index (χ1n) is 21.6. The molecular weight excluding hydrogens is 727 g/mol. The molecule has 1 fully saturated rings. The number of carbonyl (C=O) groups excluding carboxylic acids is 3. The van der Waals surface area contributed by atoms with Gasteiger partial charge in [0.1, 0.15) is 12.7 Å². The van der Waals surface area contributed by atoms with Gasteiger partial charge >= 0.3 is 19.5 Å². The molecule has 0 spiro atoms. The summed E-state index contributed by atoms with van der Waals surface area (Å²) >= 11 is 1.41. The van der Waals surface area contributed by atoms with Crippen molar-refractivity contribution in [3.8, 4) is 0 Å². The molecule has 0 bridgehead atoms. The zero-order valence-electron chi connectivity index (χ0n) is 34.7. The van der Waals surface area contributed by atoms with Crippen LogP contribution in [0.5, 0.6) is 0 Å². The molecule has 1 aliphatic carbocycles. The second-order valence-corrected chi connectivity index (χ2v) is 18.2. The SMILES string of the molecule is CCCCCCCCCCCC(=O)OC[C@@H](CSC[C@H](N)C(=O)NC1(COCCCP(=O)(OCC)OCC)CC1)OC(=O)CCCCCCCCCCC. The predicted octanol–water partition coefficient (Wildman–Crippen LogP) is 9.67. The second kappa shape index (κ2) is 32.9. The number of hydrogen-bond donors (Lipinski definition) is 2. The van der Waals surface area contributed by atoms with Crippen molar-refractivity contribution >= 4 is 37.2 Å². The van der Waals surface area contributed by atoms with Gasteiger partial charge in [0.2, 0.25) is 5.91 Å². The van der Waals surface area contributed by atoms with E-state index in [1.54, 1.807) is 13.8 Å². The Morgan fingerprint density at radius 3 is 1.70 bits per heavy atom. The summed E-state index contributed by atoms with van der Waals surface area (Å²) < 4.78 is 40.5. The Morgan fingerprint density at radius 2 is 1.20 bits per heavy atom. The average molecular weight is 807 g/mol. The molecule has 0 saturated heterocycles. The minimum absolute atomic E-state index is 0.000754. The number of nitrogens with one attached hydrogen (secondary N) is 1. The van der Waals surface area contributed by atoms with Gasteiger partial charge in [0.15, 0.2) is 0 Å². The number of carbonyl (C=O) groups is 3. The Hall–Kier alpha value is -1.17. The van der Waals surface area contributed by atoms with Crippen molar-refractivity contribution < 1.29 is 42.2 Å². The Kier molecular flexibility index (Phi) is 30.9. The molecule has 1 saturated carbocycles. The van der Waals surface area contributed by atoms with Crippen LogP contribution in [0.1, 0.15) is 175 Å². The van der Waals surface area contributed by atoms with Gasteiger partial charge in [-0.05, 0) is 46.0 Å². The molecule has 11 nitrogen and oxygen atoms in total. The normalized spacial score (nSPS) is 14.8. The zero-order valence-corrected chi connectivity index (χ0v) is 36.4. The summed E-state index contributed by atoms with van der Waals surface area (Å²) in [6.45, 7) is 9.40. The van der Waals surface area contributed by atoms with Gasteiger partial charge in [0, 0.05) is 31.0 Å². The molecule has 0 radical (unpaired) electrons. The van der Waals surface area contributed by atoms with Crippen molar-refractivity contribution in [2.24, 2.45) is 5.73 Å². The van der Waals surface area contributed by atoms with Gasteiger partial charge in [-0.2, -0.15) is 11.8 Å². The van der Waals surface area contributed by atoms with Gasteiger partial charge in [-0.1, -0.05) is 117 Å². The summed E-state index contributed by atoms with van der Waals surface area (Å²) in [6, 6.07) is -0.761. The number of esters is 2. The predicted molar refractivity (Wildman–Crippen MR) is 221 cm³/mol. The van der Waals surface area contributed by atoms with Crippen molar-refractivity contribution in [3.63, 3.8) is 0 Å². The van der Waals surface area contributed by atoms with Crippen LogP contribution in [0.3, 0.4) is 0 Å². The van der Waals surface area contributed by atoms with E-state index in [1.165, 1.54) is 88.8 Å². The maximum Gasteiger partial charge on any atom is 0.330 e. The Balaban J connectivity index is 2.47. The van der Waals surface area contributed by atoms with Gasteiger partial charge in [-0.25, -0.2) is 0 Å². The molecule has 0 aliphatic heterocycles.